The lowest BCUT2D eigenvalue weighted by Crippen LogP contribution is -2.56. The minimum atomic E-state index is -1.43. The largest absolute Gasteiger partial charge is 0.508 e. The first-order valence-electron chi connectivity index (χ1n) is 30.5. The van der Waals surface area contributed by atoms with Crippen LogP contribution in [-0.2, 0) is 75.0 Å². The number of nitrogens with two attached hydrogens (primary N) is 2. The molecule has 0 aliphatic carbocycles. The van der Waals surface area contributed by atoms with Gasteiger partial charge in [-0.05, 0) is 127 Å². The lowest BCUT2D eigenvalue weighted by Gasteiger charge is -2.25. The van der Waals surface area contributed by atoms with E-state index in [-0.39, 0.29) is 69.2 Å². The third-order valence-corrected chi connectivity index (χ3v) is 13.6. The summed E-state index contributed by atoms with van der Waals surface area (Å²) in [5, 5.41) is 31.1. The van der Waals surface area contributed by atoms with E-state index in [0.29, 0.717) is 44.1 Å². The predicted molar refractivity (Wildman–Crippen MR) is 338 cm³/mol. The molecule has 0 saturated carbocycles. The van der Waals surface area contributed by atoms with Gasteiger partial charge in [-0.3, -0.25) is 47.9 Å². The zero-order valence-corrected chi connectivity index (χ0v) is 52.8. The lowest BCUT2D eigenvalue weighted by molar-refractivity contribution is -0.156. The van der Waals surface area contributed by atoms with Gasteiger partial charge in [0.15, 0.2) is 6.61 Å². The van der Waals surface area contributed by atoms with Crippen molar-refractivity contribution < 1.29 is 72.1 Å². The number of aromatic hydroxyl groups is 1. The van der Waals surface area contributed by atoms with Crippen LogP contribution in [0.1, 0.15) is 140 Å². The normalized spacial score (nSPS) is 12.9. The molecule has 0 spiro atoms. The van der Waals surface area contributed by atoms with Crippen LogP contribution in [0.2, 0.25) is 0 Å². The van der Waals surface area contributed by atoms with Gasteiger partial charge in [-0.1, -0.05) is 103 Å². The number of phenolic OH excluding ortho intramolecular Hbond substituents is 1. The highest BCUT2D eigenvalue weighted by Gasteiger charge is 2.33. The van der Waals surface area contributed by atoms with Crippen molar-refractivity contribution in [2.45, 2.75) is 172 Å². The van der Waals surface area contributed by atoms with Crippen LogP contribution in [0.3, 0.4) is 0 Å². The van der Waals surface area contributed by atoms with Crippen LogP contribution in [0.15, 0.2) is 115 Å². The summed E-state index contributed by atoms with van der Waals surface area (Å²) in [5.74, 6) is -6.72. The van der Waals surface area contributed by atoms with Gasteiger partial charge in [0.05, 0.1) is 18.5 Å². The van der Waals surface area contributed by atoms with Gasteiger partial charge in [-0.15, -0.1) is 0 Å². The molecule has 25 heteroatoms. The Bertz CT molecular complexity index is 2970. The molecule has 4 rings (SSSR count). The van der Waals surface area contributed by atoms with Gasteiger partial charge in [0.25, 0.3) is 5.91 Å². The molecule has 13 N–H and O–H groups in total. The highest BCUT2D eigenvalue weighted by atomic mass is 16.6. The van der Waals surface area contributed by atoms with Crippen LogP contribution in [0.5, 0.6) is 5.75 Å². The summed E-state index contributed by atoms with van der Waals surface area (Å²) in [5.41, 5.74) is 12.9. The van der Waals surface area contributed by atoms with Crippen molar-refractivity contribution in [2.75, 3.05) is 26.2 Å². The van der Waals surface area contributed by atoms with Crippen molar-refractivity contribution >= 4 is 65.3 Å². The number of benzene rings is 4. The summed E-state index contributed by atoms with van der Waals surface area (Å²) in [4.78, 5) is 144. The van der Waals surface area contributed by atoms with E-state index in [4.69, 9.17) is 25.7 Å². The maximum absolute atomic E-state index is 14.0. The number of nitrogens with one attached hydrogen (secondary N) is 8. The van der Waals surface area contributed by atoms with E-state index in [1.54, 1.807) is 84.0 Å². The van der Waals surface area contributed by atoms with Gasteiger partial charge in [-0.25, -0.2) is 4.79 Å². The SMILES string of the molecule is CC(C)(C)OC(=O)C[C@H](NC(=O)[C@@H](N)CCCCNC(=O)CCCCC(=O)NCCCC[C@H](NC(=O)[C@H](Cc1ccc(O)cc1)NC(=O)OC(C)(C)C)C(=O)NCC(=O)OCC(=O)NC(c1ccccc1)c1ccccc1)C(=O)N[C@@H](Cc1ccccc1)C(N)=O. The Morgan fingerprint density at radius 1 is 0.473 bits per heavy atom. The number of carbonyl (C=O) groups is 11. The molecule has 0 heterocycles. The molecule has 0 bridgehead atoms. The van der Waals surface area contributed by atoms with Crippen LogP contribution < -0.4 is 54.0 Å². The van der Waals surface area contributed by atoms with E-state index in [1.165, 1.54) is 12.1 Å². The number of rotatable bonds is 37. The number of esters is 2. The van der Waals surface area contributed by atoms with Crippen LogP contribution in [0.4, 0.5) is 4.79 Å². The maximum atomic E-state index is 14.0. The quantitative estimate of drug-likeness (QED) is 0.0174. The van der Waals surface area contributed by atoms with E-state index in [0.717, 1.165) is 16.7 Å². The number of alkyl carbamates (subject to hydrolysis) is 1. The van der Waals surface area contributed by atoms with Gasteiger partial charge in [-0.2, -0.15) is 0 Å². The van der Waals surface area contributed by atoms with Gasteiger partial charge in [0, 0.05) is 38.8 Å². The highest BCUT2D eigenvalue weighted by molar-refractivity contribution is 5.95. The smallest absolute Gasteiger partial charge is 0.408 e. The van der Waals surface area contributed by atoms with E-state index in [2.05, 4.69) is 42.5 Å². The molecule has 25 nitrogen and oxygen atoms in total. The number of primary amides is 1. The number of amides is 9. The second kappa shape index (κ2) is 38.2. The van der Waals surface area contributed by atoms with Crippen molar-refractivity contribution in [3.8, 4) is 5.75 Å². The minimum Gasteiger partial charge on any atom is -0.508 e. The predicted octanol–water partition coefficient (Wildman–Crippen LogP) is 3.77. The fourth-order valence-corrected chi connectivity index (χ4v) is 9.08. The molecule has 494 valence electrons. The van der Waals surface area contributed by atoms with E-state index in [1.807, 2.05) is 60.7 Å². The number of ether oxygens (including phenoxy) is 3. The Hall–Kier alpha value is -9.39. The first-order chi connectivity index (χ1) is 43.1. The summed E-state index contributed by atoms with van der Waals surface area (Å²) >= 11 is 0. The third kappa shape index (κ3) is 30.6. The minimum absolute atomic E-state index is 0.0188. The molecule has 5 atom stereocenters. The van der Waals surface area contributed by atoms with Crippen molar-refractivity contribution in [1.29, 1.82) is 0 Å². The molecule has 0 radical (unpaired) electrons. The molecule has 0 saturated heterocycles. The zero-order valence-electron chi connectivity index (χ0n) is 52.8. The summed E-state index contributed by atoms with van der Waals surface area (Å²) in [6.07, 6.45) is 1.39. The fourth-order valence-electron chi connectivity index (χ4n) is 9.08. The van der Waals surface area contributed by atoms with Crippen molar-refractivity contribution in [3.05, 3.63) is 138 Å². The summed E-state index contributed by atoms with van der Waals surface area (Å²) < 4.78 is 16.0. The molecule has 91 heavy (non-hydrogen) atoms. The van der Waals surface area contributed by atoms with Crippen molar-refractivity contribution in [2.24, 2.45) is 11.5 Å². The highest BCUT2D eigenvalue weighted by Crippen LogP contribution is 2.22. The molecule has 4 aromatic rings. The number of hydrogen-bond acceptors (Lipinski definition) is 16. The number of phenols is 1. The van der Waals surface area contributed by atoms with Crippen LogP contribution in [-0.4, -0.2) is 138 Å². The van der Waals surface area contributed by atoms with E-state index >= 15 is 0 Å². The zero-order chi connectivity index (χ0) is 66.9. The average Bonchev–Trinajstić information content (AvgIpc) is 1.51. The molecular weight excluding hydrogens is 1170 g/mol. The van der Waals surface area contributed by atoms with Gasteiger partial charge < -0.3 is 73.3 Å². The topological polar surface area (TPSA) is 384 Å². The van der Waals surface area contributed by atoms with Crippen LogP contribution >= 0.6 is 0 Å². The lowest BCUT2D eigenvalue weighted by atomic mass is 9.99. The molecule has 9 amide bonds. The van der Waals surface area contributed by atoms with Gasteiger partial charge in [0.2, 0.25) is 41.4 Å². The van der Waals surface area contributed by atoms with E-state index < -0.39 is 121 Å². The second-order valence-electron chi connectivity index (χ2n) is 23.8. The Kier molecular flexibility index (Phi) is 31.1. The number of hydrogen-bond donors (Lipinski definition) is 11. The molecule has 0 aliphatic heterocycles. The Morgan fingerprint density at radius 2 is 0.956 bits per heavy atom. The fraction of sp³-hybridized carbons (Fsp3) is 0.470. The molecule has 0 aromatic heterocycles. The molecule has 0 unspecified atom stereocenters. The first kappa shape index (κ1) is 74.1. The Labute approximate surface area is 531 Å². The Balaban J connectivity index is 1.22. The molecular formula is C66H90N10O15. The van der Waals surface area contributed by atoms with Crippen LogP contribution in [0.25, 0.3) is 0 Å². The third-order valence-electron chi connectivity index (χ3n) is 13.6. The Morgan fingerprint density at radius 3 is 1.49 bits per heavy atom. The maximum Gasteiger partial charge on any atom is 0.408 e. The average molecular weight is 1260 g/mol. The van der Waals surface area contributed by atoms with Crippen LogP contribution in [0, 0.1) is 0 Å². The van der Waals surface area contributed by atoms with Gasteiger partial charge in [0.1, 0.15) is 47.7 Å². The molecule has 4 aromatic carbocycles. The number of unbranched alkanes of at least 4 members (excludes halogenated alkanes) is 3. The van der Waals surface area contributed by atoms with E-state index in [9.17, 15) is 57.8 Å². The first-order valence-corrected chi connectivity index (χ1v) is 30.5. The summed E-state index contributed by atoms with van der Waals surface area (Å²) in [6.45, 7) is 9.07. The van der Waals surface area contributed by atoms with Gasteiger partial charge >= 0.3 is 18.0 Å². The summed E-state index contributed by atoms with van der Waals surface area (Å²) in [7, 11) is 0. The molecule has 0 fully saturated rings. The second-order valence-corrected chi connectivity index (χ2v) is 23.8. The van der Waals surface area contributed by atoms with Crippen molar-refractivity contribution in [1.82, 2.24) is 42.5 Å². The number of carbonyl (C=O) groups excluding carboxylic acids is 11. The standard InChI is InChI=1S/C66H90N10O15/c1-65(2,3)90-56(81)40-52(63(87)73-50(59(68)83)38-43-22-10-7-11-23-43)74-60(84)48(67)28-18-20-36-69-53(78)30-16-17-31-54(79)70-37-21-19-29-49(72-62(86)51(75-64(88)91-66(4,5)6)39-44-32-34-47(77)35-33-44)61(85)71-41-57(82)89-42-55(80)76-58(45-24-12-8-13-25-45)46-26-14-9-15-27-46/h7-15,22-27,32-35,48-52,58,77H,16-21,28-31,36-42,67H2,1-6H3,(H2,68,83)(H,69,78)(H,70,79)(H,71,85)(H,72,86)(H,73,87)(H,74,84)(H,75,88)(H,76,80)/t48-,49-,50-,51-,52-/m0/s1. The van der Waals surface area contributed by atoms with Crippen molar-refractivity contribution in [3.63, 3.8) is 0 Å². The molecule has 0 aliphatic rings. The summed E-state index contributed by atoms with van der Waals surface area (Å²) in [6, 6.07) is 26.5. The monoisotopic (exact) mass is 1260 g/mol.